The molecular weight excluding hydrogens is 346 g/mol. The maximum atomic E-state index is 4.80. The van der Waals surface area contributed by atoms with Crippen LogP contribution in [0, 0.1) is 6.92 Å². The molecule has 0 N–H and O–H groups in total. The average molecular weight is 366 g/mol. The highest BCUT2D eigenvalue weighted by molar-refractivity contribution is 9.08. The summed E-state index contributed by atoms with van der Waals surface area (Å²) < 4.78 is 2.11. The summed E-state index contributed by atoms with van der Waals surface area (Å²) in [5, 5.41) is 5.65. The van der Waals surface area contributed by atoms with Crippen LogP contribution in [-0.4, -0.2) is 34.4 Å². The smallest absolute Gasteiger partial charge is 0.136 e. The van der Waals surface area contributed by atoms with Gasteiger partial charge in [0.15, 0.2) is 0 Å². The van der Waals surface area contributed by atoms with Crippen molar-refractivity contribution in [3.05, 3.63) is 41.6 Å². The molecule has 0 radical (unpaired) electrons. The van der Waals surface area contributed by atoms with Gasteiger partial charge in [-0.2, -0.15) is 16.9 Å². The minimum Gasteiger partial charge on any atom is -0.355 e. The van der Waals surface area contributed by atoms with Crippen LogP contribution in [0.3, 0.4) is 0 Å². The van der Waals surface area contributed by atoms with E-state index in [1.54, 1.807) is 0 Å². The van der Waals surface area contributed by atoms with Crippen LogP contribution in [0.5, 0.6) is 0 Å². The first-order valence-corrected chi connectivity index (χ1v) is 9.61. The molecule has 112 valence electrons. The van der Waals surface area contributed by atoms with Crippen LogP contribution in [0.1, 0.15) is 17.7 Å². The van der Waals surface area contributed by atoms with E-state index in [1.165, 1.54) is 29.3 Å². The molecule has 2 aromatic rings. The van der Waals surface area contributed by atoms with Crippen molar-refractivity contribution < 1.29 is 0 Å². The van der Waals surface area contributed by atoms with Gasteiger partial charge in [0, 0.05) is 29.7 Å². The van der Waals surface area contributed by atoms with Gasteiger partial charge in [-0.1, -0.05) is 34.1 Å². The summed E-state index contributed by atoms with van der Waals surface area (Å²) in [7, 11) is 0. The molecule has 1 aliphatic heterocycles. The number of hydrogen-bond acceptors (Lipinski definition) is 3. The van der Waals surface area contributed by atoms with Gasteiger partial charge < -0.3 is 4.90 Å². The third-order valence-corrected chi connectivity index (χ3v) is 5.42. The first-order valence-electron chi connectivity index (χ1n) is 7.34. The average Bonchev–Trinajstić information content (AvgIpc) is 2.69. The molecule has 3 rings (SSSR count). The number of rotatable bonds is 3. The normalized spacial score (nSPS) is 16.0. The topological polar surface area (TPSA) is 21.1 Å². The molecule has 0 saturated carbocycles. The molecule has 1 fully saturated rings. The van der Waals surface area contributed by atoms with Gasteiger partial charge in [-0.3, -0.25) is 0 Å². The van der Waals surface area contributed by atoms with Crippen molar-refractivity contribution in [3.8, 4) is 5.69 Å². The summed E-state index contributed by atoms with van der Waals surface area (Å²) in [6.07, 6.45) is 1.24. The molecule has 0 amide bonds. The highest BCUT2D eigenvalue weighted by atomic mass is 79.9. The maximum Gasteiger partial charge on any atom is 0.136 e. The van der Waals surface area contributed by atoms with E-state index in [-0.39, 0.29) is 0 Å². The van der Waals surface area contributed by atoms with E-state index in [9.17, 15) is 0 Å². The molecule has 0 unspecified atom stereocenters. The lowest BCUT2D eigenvalue weighted by atomic mass is 10.2. The van der Waals surface area contributed by atoms with E-state index < -0.39 is 0 Å². The molecule has 0 bridgehead atoms. The molecule has 0 aliphatic carbocycles. The number of anilines is 1. The van der Waals surface area contributed by atoms with Crippen LogP contribution < -0.4 is 4.90 Å². The molecule has 0 spiro atoms. The predicted octanol–water partition coefficient (Wildman–Crippen LogP) is 4.02. The summed E-state index contributed by atoms with van der Waals surface area (Å²) in [4.78, 5) is 2.50. The second-order valence-electron chi connectivity index (χ2n) is 5.22. The Labute approximate surface area is 138 Å². The number of nitrogens with zero attached hydrogens (tertiary/aromatic N) is 3. The second-order valence-corrected chi connectivity index (χ2v) is 7.01. The number of para-hydroxylation sites is 1. The zero-order chi connectivity index (χ0) is 14.7. The zero-order valence-corrected chi connectivity index (χ0v) is 14.7. The second kappa shape index (κ2) is 6.88. The highest BCUT2D eigenvalue weighted by Crippen LogP contribution is 2.30. The zero-order valence-electron chi connectivity index (χ0n) is 12.3. The lowest BCUT2D eigenvalue weighted by Gasteiger charge is -2.24. The highest BCUT2D eigenvalue weighted by Gasteiger charge is 2.22. The molecule has 1 aromatic heterocycles. The monoisotopic (exact) mass is 365 g/mol. The number of benzene rings is 1. The van der Waals surface area contributed by atoms with Crippen LogP contribution in [0.25, 0.3) is 5.69 Å². The summed E-state index contributed by atoms with van der Waals surface area (Å²) in [6.45, 7) is 4.32. The lowest BCUT2D eigenvalue weighted by molar-refractivity contribution is 0.756. The van der Waals surface area contributed by atoms with E-state index in [4.69, 9.17) is 5.10 Å². The third kappa shape index (κ3) is 3.14. The van der Waals surface area contributed by atoms with E-state index in [2.05, 4.69) is 68.5 Å². The largest absolute Gasteiger partial charge is 0.355 e. The summed E-state index contributed by atoms with van der Waals surface area (Å²) in [5.41, 5.74) is 3.56. The SMILES string of the molecule is Cc1nn(-c2ccccc2)c(N2CCCSCC2)c1CBr. The van der Waals surface area contributed by atoms with Crippen LogP contribution in [0.2, 0.25) is 0 Å². The van der Waals surface area contributed by atoms with Gasteiger partial charge in [0.1, 0.15) is 5.82 Å². The Morgan fingerprint density at radius 2 is 2.00 bits per heavy atom. The van der Waals surface area contributed by atoms with Gasteiger partial charge in [0.05, 0.1) is 11.4 Å². The molecule has 5 heteroatoms. The van der Waals surface area contributed by atoms with Crippen molar-refractivity contribution in [3.63, 3.8) is 0 Å². The Morgan fingerprint density at radius 3 is 2.76 bits per heavy atom. The van der Waals surface area contributed by atoms with Crippen LogP contribution >= 0.6 is 27.7 Å². The fourth-order valence-electron chi connectivity index (χ4n) is 2.74. The molecule has 3 nitrogen and oxygen atoms in total. The molecule has 2 heterocycles. The number of hydrogen-bond donors (Lipinski definition) is 0. The van der Waals surface area contributed by atoms with Gasteiger partial charge in [0.2, 0.25) is 0 Å². The predicted molar refractivity (Wildman–Crippen MR) is 95.1 cm³/mol. The van der Waals surface area contributed by atoms with E-state index in [1.807, 2.05) is 6.07 Å². The summed E-state index contributed by atoms with van der Waals surface area (Å²) >= 11 is 5.70. The Hall–Kier alpha value is -0.940. The number of alkyl halides is 1. The van der Waals surface area contributed by atoms with Crippen molar-refractivity contribution >= 4 is 33.5 Å². The standard InChI is InChI=1S/C16H20BrN3S/c1-13-15(12-17)16(19-8-5-10-21-11-9-19)20(18-13)14-6-3-2-4-7-14/h2-4,6-7H,5,8-12H2,1H3. The quantitative estimate of drug-likeness (QED) is 0.766. The van der Waals surface area contributed by atoms with Crippen LogP contribution in [-0.2, 0) is 5.33 Å². The number of aryl methyl sites for hydroxylation is 1. The van der Waals surface area contributed by atoms with Crippen molar-refractivity contribution in [1.82, 2.24) is 9.78 Å². The molecule has 0 atom stereocenters. The van der Waals surface area contributed by atoms with E-state index in [0.29, 0.717) is 0 Å². The molecule has 21 heavy (non-hydrogen) atoms. The molecular formula is C16H20BrN3S. The lowest BCUT2D eigenvalue weighted by Crippen LogP contribution is -2.28. The first-order chi connectivity index (χ1) is 10.3. The minimum atomic E-state index is 0.852. The Bertz CT molecular complexity index is 589. The number of thioether (sulfide) groups is 1. The molecule has 1 aliphatic rings. The van der Waals surface area contributed by atoms with Crippen molar-refractivity contribution in [2.45, 2.75) is 18.7 Å². The summed E-state index contributed by atoms with van der Waals surface area (Å²) in [5.74, 6) is 3.72. The van der Waals surface area contributed by atoms with Crippen LogP contribution in [0.4, 0.5) is 5.82 Å². The van der Waals surface area contributed by atoms with Gasteiger partial charge in [-0.25, -0.2) is 4.68 Å². The Balaban J connectivity index is 2.07. The van der Waals surface area contributed by atoms with Gasteiger partial charge in [0.25, 0.3) is 0 Å². The van der Waals surface area contributed by atoms with Crippen molar-refractivity contribution in [2.24, 2.45) is 0 Å². The Kier molecular flexibility index (Phi) is 4.91. The number of aromatic nitrogens is 2. The van der Waals surface area contributed by atoms with E-state index in [0.717, 1.165) is 29.8 Å². The van der Waals surface area contributed by atoms with Gasteiger partial charge in [-0.15, -0.1) is 0 Å². The van der Waals surface area contributed by atoms with Crippen molar-refractivity contribution in [2.75, 3.05) is 29.5 Å². The maximum absolute atomic E-state index is 4.80. The van der Waals surface area contributed by atoms with E-state index >= 15 is 0 Å². The summed E-state index contributed by atoms with van der Waals surface area (Å²) in [6, 6.07) is 10.4. The number of halogens is 1. The van der Waals surface area contributed by atoms with Crippen molar-refractivity contribution in [1.29, 1.82) is 0 Å². The fourth-order valence-corrected chi connectivity index (χ4v) is 4.28. The van der Waals surface area contributed by atoms with Gasteiger partial charge >= 0.3 is 0 Å². The first kappa shape index (κ1) is 15.0. The Morgan fingerprint density at radius 1 is 1.19 bits per heavy atom. The van der Waals surface area contributed by atoms with Gasteiger partial charge in [-0.05, 0) is 31.2 Å². The fraction of sp³-hybridized carbons (Fsp3) is 0.438. The third-order valence-electron chi connectivity index (χ3n) is 3.81. The molecule has 1 aromatic carbocycles. The minimum absolute atomic E-state index is 0.852. The molecule has 1 saturated heterocycles. The van der Waals surface area contributed by atoms with Crippen LogP contribution in [0.15, 0.2) is 30.3 Å².